The predicted molar refractivity (Wildman–Crippen MR) is 77.2 cm³/mol. The molecule has 20 heavy (non-hydrogen) atoms. The van der Waals surface area contributed by atoms with E-state index >= 15 is 0 Å². The monoisotopic (exact) mass is 295 g/mol. The zero-order valence-electron chi connectivity index (χ0n) is 11.5. The zero-order valence-corrected chi connectivity index (χ0v) is 12.3. The van der Waals surface area contributed by atoms with E-state index in [2.05, 4.69) is 14.5 Å². The normalized spacial score (nSPS) is 18.8. The summed E-state index contributed by atoms with van der Waals surface area (Å²) >= 11 is 6.01. The molecule has 2 aromatic rings. The van der Waals surface area contributed by atoms with E-state index in [1.54, 1.807) is 7.11 Å². The van der Waals surface area contributed by atoms with E-state index in [-0.39, 0.29) is 0 Å². The molecule has 5 nitrogen and oxygen atoms in total. The Morgan fingerprint density at radius 2 is 2.35 bits per heavy atom. The van der Waals surface area contributed by atoms with Gasteiger partial charge < -0.3 is 14.0 Å². The van der Waals surface area contributed by atoms with Gasteiger partial charge >= 0.3 is 0 Å². The molecule has 0 bridgehead atoms. The topological polar surface area (TPSA) is 49.2 Å². The van der Waals surface area contributed by atoms with Crippen molar-refractivity contribution in [2.45, 2.75) is 25.3 Å². The smallest absolute Gasteiger partial charge is 0.215 e. The van der Waals surface area contributed by atoms with E-state index in [0.29, 0.717) is 17.7 Å². The van der Waals surface area contributed by atoms with Gasteiger partial charge in [-0.05, 0) is 24.8 Å². The second-order valence-electron chi connectivity index (χ2n) is 5.03. The molecule has 1 aliphatic heterocycles. The molecule has 0 radical (unpaired) electrons. The van der Waals surface area contributed by atoms with E-state index < -0.39 is 0 Å². The average molecular weight is 296 g/mol. The Morgan fingerprint density at radius 1 is 1.45 bits per heavy atom. The third-order valence-corrected chi connectivity index (χ3v) is 4.00. The van der Waals surface area contributed by atoms with E-state index in [4.69, 9.17) is 21.1 Å². The van der Waals surface area contributed by atoms with Crippen molar-refractivity contribution in [3.8, 4) is 5.88 Å². The number of aryl methyl sites for hydroxylation is 1. The van der Waals surface area contributed by atoms with E-state index in [1.165, 1.54) is 0 Å². The fraction of sp³-hybridized carbons (Fsp3) is 0.571. The first-order valence-electron chi connectivity index (χ1n) is 6.85. The van der Waals surface area contributed by atoms with E-state index in [9.17, 15) is 0 Å². The first-order valence-corrected chi connectivity index (χ1v) is 7.39. The van der Waals surface area contributed by atoms with Gasteiger partial charge in [-0.2, -0.15) is 4.98 Å². The van der Waals surface area contributed by atoms with Gasteiger partial charge in [-0.3, -0.25) is 0 Å². The van der Waals surface area contributed by atoms with Gasteiger partial charge in [0.05, 0.1) is 13.0 Å². The fourth-order valence-corrected chi connectivity index (χ4v) is 2.81. The molecule has 0 aromatic carbocycles. The van der Waals surface area contributed by atoms with Crippen LogP contribution in [0.3, 0.4) is 0 Å². The number of hydrogen-bond acceptors (Lipinski definition) is 4. The Balaban J connectivity index is 1.89. The number of pyridine rings is 1. The van der Waals surface area contributed by atoms with Crippen LogP contribution in [0.2, 0.25) is 0 Å². The van der Waals surface area contributed by atoms with Gasteiger partial charge in [-0.1, -0.05) is 0 Å². The molecule has 2 aromatic heterocycles. The SMILES string of the molecule is COc1ccc2nc(CCl)n(CCC3CCOC3)c2n1. The largest absolute Gasteiger partial charge is 0.481 e. The van der Waals surface area contributed by atoms with Gasteiger partial charge in [-0.15, -0.1) is 11.6 Å². The molecule has 1 saturated heterocycles. The number of halogens is 1. The second kappa shape index (κ2) is 5.97. The molecule has 0 N–H and O–H groups in total. The number of aromatic nitrogens is 3. The Morgan fingerprint density at radius 3 is 3.05 bits per heavy atom. The van der Waals surface area contributed by atoms with E-state index in [0.717, 1.165) is 49.6 Å². The molecular formula is C14H18ClN3O2. The molecule has 0 amide bonds. The van der Waals surface area contributed by atoms with Crippen LogP contribution in [-0.2, 0) is 17.2 Å². The fourth-order valence-electron chi connectivity index (χ4n) is 2.60. The summed E-state index contributed by atoms with van der Waals surface area (Å²) in [5.74, 6) is 2.48. The van der Waals surface area contributed by atoms with Crippen molar-refractivity contribution in [3.63, 3.8) is 0 Å². The molecule has 0 aliphatic carbocycles. The number of nitrogens with zero attached hydrogens (tertiary/aromatic N) is 3. The summed E-state index contributed by atoms with van der Waals surface area (Å²) in [6.45, 7) is 2.61. The third-order valence-electron chi connectivity index (χ3n) is 3.76. The number of rotatable bonds is 5. The number of alkyl halides is 1. The van der Waals surface area contributed by atoms with E-state index in [1.807, 2.05) is 12.1 Å². The van der Waals surface area contributed by atoms with Crippen LogP contribution in [0, 0.1) is 5.92 Å². The number of hydrogen-bond donors (Lipinski definition) is 0. The van der Waals surface area contributed by atoms with Gasteiger partial charge in [0.25, 0.3) is 0 Å². The van der Waals surface area contributed by atoms with Crippen LogP contribution in [0.5, 0.6) is 5.88 Å². The average Bonchev–Trinajstić information content (AvgIpc) is 3.11. The minimum atomic E-state index is 0.389. The molecule has 3 rings (SSSR count). The summed E-state index contributed by atoms with van der Waals surface area (Å²) in [5.41, 5.74) is 1.71. The van der Waals surface area contributed by atoms with Gasteiger partial charge in [0, 0.05) is 25.8 Å². The summed E-state index contributed by atoms with van der Waals surface area (Å²) in [7, 11) is 1.62. The number of methoxy groups -OCH3 is 1. The van der Waals surface area contributed by atoms with Crippen molar-refractivity contribution >= 4 is 22.8 Å². The molecule has 0 spiro atoms. The van der Waals surface area contributed by atoms with Gasteiger partial charge in [0.1, 0.15) is 11.3 Å². The maximum atomic E-state index is 6.01. The highest BCUT2D eigenvalue weighted by Crippen LogP contribution is 2.22. The summed E-state index contributed by atoms with van der Waals surface area (Å²) < 4.78 is 12.7. The minimum absolute atomic E-state index is 0.389. The van der Waals surface area contributed by atoms with Crippen molar-refractivity contribution < 1.29 is 9.47 Å². The molecule has 0 saturated carbocycles. The molecule has 108 valence electrons. The van der Waals surface area contributed by atoms with Gasteiger partial charge in [0.15, 0.2) is 5.65 Å². The van der Waals surface area contributed by atoms with Crippen LogP contribution >= 0.6 is 11.6 Å². The Hall–Kier alpha value is -1.33. The molecule has 3 heterocycles. The first-order chi connectivity index (χ1) is 9.81. The second-order valence-corrected chi connectivity index (χ2v) is 5.30. The van der Waals surface area contributed by atoms with Crippen LogP contribution in [0.15, 0.2) is 12.1 Å². The zero-order chi connectivity index (χ0) is 13.9. The van der Waals surface area contributed by atoms with Crippen LogP contribution in [-0.4, -0.2) is 34.9 Å². The number of imidazole rings is 1. The maximum Gasteiger partial charge on any atom is 0.215 e. The maximum absolute atomic E-state index is 6.01. The Bertz CT molecular complexity index is 593. The third kappa shape index (κ3) is 2.60. The lowest BCUT2D eigenvalue weighted by Gasteiger charge is -2.10. The van der Waals surface area contributed by atoms with Crippen molar-refractivity contribution in [3.05, 3.63) is 18.0 Å². The van der Waals surface area contributed by atoms with Crippen LogP contribution in [0.25, 0.3) is 11.2 Å². The Labute approximate surface area is 122 Å². The first kappa shape index (κ1) is 13.6. The van der Waals surface area contributed by atoms with Crippen LogP contribution < -0.4 is 4.74 Å². The predicted octanol–water partition coefficient (Wildman–Crippen LogP) is 2.61. The summed E-state index contributed by atoms with van der Waals surface area (Å²) in [5, 5.41) is 0. The lowest BCUT2D eigenvalue weighted by Crippen LogP contribution is -2.09. The number of ether oxygens (including phenoxy) is 2. The minimum Gasteiger partial charge on any atom is -0.481 e. The molecule has 1 atom stereocenters. The van der Waals surface area contributed by atoms with Crippen molar-refractivity contribution in [1.82, 2.24) is 14.5 Å². The summed E-state index contributed by atoms with van der Waals surface area (Å²) in [6.07, 6.45) is 2.20. The van der Waals surface area contributed by atoms with Crippen LogP contribution in [0.4, 0.5) is 0 Å². The van der Waals surface area contributed by atoms with Crippen molar-refractivity contribution in [2.24, 2.45) is 5.92 Å². The quantitative estimate of drug-likeness (QED) is 0.796. The molecule has 1 aliphatic rings. The highest BCUT2D eigenvalue weighted by atomic mass is 35.5. The summed E-state index contributed by atoms with van der Waals surface area (Å²) in [6, 6.07) is 3.74. The molecule has 6 heteroatoms. The van der Waals surface area contributed by atoms with Gasteiger partial charge in [-0.25, -0.2) is 4.98 Å². The molecule has 1 fully saturated rings. The summed E-state index contributed by atoms with van der Waals surface area (Å²) in [4.78, 5) is 9.03. The molecule has 1 unspecified atom stereocenters. The van der Waals surface area contributed by atoms with Crippen molar-refractivity contribution in [2.75, 3.05) is 20.3 Å². The molecular weight excluding hydrogens is 278 g/mol. The van der Waals surface area contributed by atoms with Gasteiger partial charge in [0.2, 0.25) is 5.88 Å². The highest BCUT2D eigenvalue weighted by Gasteiger charge is 2.18. The number of fused-ring (bicyclic) bond motifs is 1. The highest BCUT2D eigenvalue weighted by molar-refractivity contribution is 6.16. The Kier molecular flexibility index (Phi) is 4.08. The standard InChI is InChI=1S/C14H18ClN3O2/c1-19-13-3-2-11-14(17-13)18(12(8-15)16-11)6-4-10-5-7-20-9-10/h2-3,10H,4-9H2,1H3. The lowest BCUT2D eigenvalue weighted by molar-refractivity contribution is 0.183. The van der Waals surface area contributed by atoms with Crippen molar-refractivity contribution in [1.29, 1.82) is 0 Å². The lowest BCUT2D eigenvalue weighted by atomic mass is 10.1. The van der Waals surface area contributed by atoms with Crippen LogP contribution in [0.1, 0.15) is 18.7 Å².